The van der Waals surface area contributed by atoms with Crippen molar-refractivity contribution in [1.29, 1.82) is 0 Å². The van der Waals surface area contributed by atoms with Gasteiger partial charge in [0.1, 0.15) is 5.15 Å². The van der Waals surface area contributed by atoms with Gasteiger partial charge in [0.05, 0.1) is 6.54 Å². The van der Waals surface area contributed by atoms with Crippen molar-refractivity contribution in [2.24, 2.45) is 0 Å². The Morgan fingerprint density at radius 1 is 1.16 bits per heavy atom. The Morgan fingerprint density at radius 2 is 1.79 bits per heavy atom. The summed E-state index contributed by atoms with van der Waals surface area (Å²) in [4.78, 5) is 24.1. The molecule has 0 fully saturated rings. The standard InChI is InChI=1S/C14H15ClN2O2/c1-10(2)17-13(18)8-12(15)16(14(17)19)9-11-6-4-3-5-7-11/h3-8,10H,9H2,1-2H3. The number of benzene rings is 1. The first kappa shape index (κ1) is 13.6. The first-order chi connectivity index (χ1) is 9.00. The Labute approximate surface area is 115 Å². The first-order valence-corrected chi connectivity index (χ1v) is 6.44. The van der Waals surface area contributed by atoms with Crippen LogP contribution < -0.4 is 11.2 Å². The van der Waals surface area contributed by atoms with Gasteiger partial charge < -0.3 is 0 Å². The highest BCUT2D eigenvalue weighted by atomic mass is 35.5. The number of hydrogen-bond donors (Lipinski definition) is 0. The van der Waals surface area contributed by atoms with E-state index in [0.717, 1.165) is 5.56 Å². The van der Waals surface area contributed by atoms with E-state index in [2.05, 4.69) is 0 Å². The fourth-order valence-electron chi connectivity index (χ4n) is 1.95. The van der Waals surface area contributed by atoms with E-state index in [9.17, 15) is 9.59 Å². The van der Waals surface area contributed by atoms with Crippen LogP contribution in [0.2, 0.25) is 5.15 Å². The summed E-state index contributed by atoms with van der Waals surface area (Å²) < 4.78 is 2.60. The number of rotatable bonds is 3. The lowest BCUT2D eigenvalue weighted by atomic mass is 10.2. The van der Waals surface area contributed by atoms with Crippen molar-refractivity contribution < 1.29 is 0 Å². The maximum atomic E-state index is 12.3. The molecule has 0 aliphatic rings. The van der Waals surface area contributed by atoms with E-state index in [1.54, 1.807) is 13.8 Å². The Bertz CT molecular complexity index is 687. The van der Waals surface area contributed by atoms with Gasteiger partial charge >= 0.3 is 5.69 Å². The van der Waals surface area contributed by atoms with Crippen molar-refractivity contribution in [2.45, 2.75) is 26.4 Å². The molecule has 19 heavy (non-hydrogen) atoms. The molecule has 0 aliphatic carbocycles. The van der Waals surface area contributed by atoms with Crippen LogP contribution >= 0.6 is 11.6 Å². The second-order valence-corrected chi connectivity index (χ2v) is 5.01. The van der Waals surface area contributed by atoms with Gasteiger partial charge in [0.15, 0.2) is 0 Å². The lowest BCUT2D eigenvalue weighted by Crippen LogP contribution is -2.40. The zero-order valence-electron chi connectivity index (χ0n) is 10.8. The molecule has 0 saturated heterocycles. The summed E-state index contributed by atoms with van der Waals surface area (Å²) in [5.74, 6) is 0. The highest BCUT2D eigenvalue weighted by Gasteiger charge is 2.12. The third-order valence-electron chi connectivity index (χ3n) is 2.87. The van der Waals surface area contributed by atoms with Gasteiger partial charge in [0, 0.05) is 12.1 Å². The molecule has 0 N–H and O–H groups in total. The Morgan fingerprint density at radius 3 is 2.37 bits per heavy atom. The average Bonchev–Trinajstić information content (AvgIpc) is 2.35. The van der Waals surface area contributed by atoms with Crippen LogP contribution in [0.3, 0.4) is 0 Å². The summed E-state index contributed by atoms with van der Waals surface area (Å²) in [5, 5.41) is 0.163. The lowest BCUT2D eigenvalue weighted by molar-refractivity contribution is 0.513. The monoisotopic (exact) mass is 278 g/mol. The van der Waals surface area contributed by atoms with E-state index < -0.39 is 0 Å². The van der Waals surface area contributed by atoms with Gasteiger partial charge in [-0.25, -0.2) is 4.79 Å². The molecule has 0 saturated carbocycles. The van der Waals surface area contributed by atoms with Crippen LogP contribution in [-0.4, -0.2) is 9.13 Å². The normalized spacial score (nSPS) is 10.9. The second-order valence-electron chi connectivity index (χ2n) is 4.62. The topological polar surface area (TPSA) is 44.0 Å². The van der Waals surface area contributed by atoms with Gasteiger partial charge in [-0.05, 0) is 19.4 Å². The van der Waals surface area contributed by atoms with Crippen LogP contribution in [0.4, 0.5) is 0 Å². The summed E-state index contributed by atoms with van der Waals surface area (Å²) >= 11 is 6.01. The third-order valence-corrected chi connectivity index (χ3v) is 3.19. The molecule has 4 nitrogen and oxygen atoms in total. The average molecular weight is 279 g/mol. The van der Waals surface area contributed by atoms with Crippen molar-refractivity contribution in [1.82, 2.24) is 9.13 Å². The molecular weight excluding hydrogens is 264 g/mol. The lowest BCUT2D eigenvalue weighted by Gasteiger charge is -2.14. The molecule has 0 bridgehead atoms. The summed E-state index contributed by atoms with van der Waals surface area (Å²) in [6.07, 6.45) is 0. The molecular formula is C14H15ClN2O2. The van der Waals surface area contributed by atoms with Crippen LogP contribution in [0.5, 0.6) is 0 Å². The fraction of sp³-hybridized carbons (Fsp3) is 0.286. The van der Waals surface area contributed by atoms with Crippen LogP contribution in [0, 0.1) is 0 Å². The zero-order valence-corrected chi connectivity index (χ0v) is 11.6. The van der Waals surface area contributed by atoms with Gasteiger partial charge in [-0.3, -0.25) is 13.9 Å². The van der Waals surface area contributed by atoms with Gasteiger partial charge in [0.2, 0.25) is 0 Å². The fourth-order valence-corrected chi connectivity index (χ4v) is 2.17. The van der Waals surface area contributed by atoms with Crippen LogP contribution in [0.15, 0.2) is 46.0 Å². The number of aromatic nitrogens is 2. The predicted octanol–water partition coefficient (Wildman–Crippen LogP) is 2.29. The van der Waals surface area contributed by atoms with E-state index in [4.69, 9.17) is 11.6 Å². The van der Waals surface area contributed by atoms with Crippen molar-refractivity contribution >= 4 is 11.6 Å². The van der Waals surface area contributed by atoms with Crippen LogP contribution in [-0.2, 0) is 6.54 Å². The Kier molecular flexibility index (Phi) is 3.90. The predicted molar refractivity (Wildman–Crippen MR) is 75.9 cm³/mol. The highest BCUT2D eigenvalue weighted by Crippen LogP contribution is 2.08. The van der Waals surface area contributed by atoms with E-state index >= 15 is 0 Å². The summed E-state index contributed by atoms with van der Waals surface area (Å²) in [6, 6.07) is 10.6. The Balaban J connectivity index is 2.55. The van der Waals surface area contributed by atoms with Crippen LogP contribution in [0.1, 0.15) is 25.5 Å². The maximum absolute atomic E-state index is 12.3. The minimum absolute atomic E-state index is 0.163. The smallest absolute Gasteiger partial charge is 0.279 e. The first-order valence-electron chi connectivity index (χ1n) is 6.06. The molecule has 0 aliphatic heterocycles. The van der Waals surface area contributed by atoms with Crippen molar-refractivity contribution in [3.63, 3.8) is 0 Å². The molecule has 0 amide bonds. The molecule has 0 unspecified atom stereocenters. The van der Waals surface area contributed by atoms with Crippen molar-refractivity contribution in [2.75, 3.05) is 0 Å². The molecule has 0 radical (unpaired) electrons. The minimum atomic E-state index is -0.378. The third kappa shape index (κ3) is 2.79. The van der Waals surface area contributed by atoms with E-state index in [1.807, 2.05) is 30.3 Å². The van der Waals surface area contributed by atoms with E-state index in [-0.39, 0.29) is 22.4 Å². The van der Waals surface area contributed by atoms with Crippen LogP contribution in [0.25, 0.3) is 0 Å². The molecule has 100 valence electrons. The number of halogens is 1. The van der Waals surface area contributed by atoms with E-state index in [1.165, 1.54) is 15.2 Å². The van der Waals surface area contributed by atoms with Gasteiger partial charge in [-0.15, -0.1) is 0 Å². The van der Waals surface area contributed by atoms with Gasteiger partial charge in [-0.1, -0.05) is 41.9 Å². The quantitative estimate of drug-likeness (QED) is 0.809. The molecule has 1 heterocycles. The largest absolute Gasteiger partial charge is 0.332 e. The van der Waals surface area contributed by atoms with Gasteiger partial charge in [-0.2, -0.15) is 0 Å². The molecule has 5 heteroatoms. The van der Waals surface area contributed by atoms with E-state index in [0.29, 0.717) is 6.54 Å². The van der Waals surface area contributed by atoms with Crippen molar-refractivity contribution in [3.8, 4) is 0 Å². The molecule has 2 aromatic rings. The Hall–Kier alpha value is -1.81. The molecule has 1 aromatic carbocycles. The summed E-state index contributed by atoms with van der Waals surface area (Å²) in [6.45, 7) is 3.94. The molecule has 0 spiro atoms. The van der Waals surface area contributed by atoms with Crippen molar-refractivity contribution in [3.05, 3.63) is 68.0 Å². The molecule has 2 rings (SSSR count). The summed E-state index contributed by atoms with van der Waals surface area (Å²) in [5.41, 5.74) is 0.214. The highest BCUT2D eigenvalue weighted by molar-refractivity contribution is 6.29. The molecule has 1 aromatic heterocycles. The maximum Gasteiger partial charge on any atom is 0.332 e. The summed E-state index contributed by atoms with van der Waals surface area (Å²) in [7, 11) is 0. The molecule has 0 atom stereocenters. The minimum Gasteiger partial charge on any atom is -0.279 e. The van der Waals surface area contributed by atoms with Gasteiger partial charge in [0.25, 0.3) is 5.56 Å². The number of hydrogen-bond acceptors (Lipinski definition) is 2. The number of nitrogens with zero attached hydrogens (tertiary/aromatic N) is 2. The zero-order chi connectivity index (χ0) is 14.0. The SMILES string of the molecule is CC(C)n1c(=O)cc(Cl)n(Cc2ccccc2)c1=O. The second kappa shape index (κ2) is 5.45.